The summed E-state index contributed by atoms with van der Waals surface area (Å²) in [5.41, 5.74) is 4.79. The fourth-order valence-electron chi connectivity index (χ4n) is 3.27. The molecule has 3 N–H and O–H groups in total. The van der Waals surface area contributed by atoms with E-state index in [-0.39, 0.29) is 6.61 Å². The summed E-state index contributed by atoms with van der Waals surface area (Å²) in [6.07, 6.45) is 2.23. The molecule has 0 bridgehead atoms. The van der Waals surface area contributed by atoms with Gasteiger partial charge in [-0.05, 0) is 38.1 Å². The zero-order chi connectivity index (χ0) is 16.1. The van der Waals surface area contributed by atoms with Crippen LogP contribution in [0.25, 0.3) is 0 Å². The minimum absolute atomic E-state index is 0.0749. The Balaban J connectivity index is 1.60. The molecule has 0 aromatic heterocycles. The van der Waals surface area contributed by atoms with E-state index in [0.717, 1.165) is 57.9 Å². The van der Waals surface area contributed by atoms with Crippen molar-refractivity contribution in [3.63, 3.8) is 0 Å². The highest BCUT2D eigenvalue weighted by Crippen LogP contribution is 2.36. The van der Waals surface area contributed by atoms with Crippen molar-refractivity contribution in [3.05, 3.63) is 24.3 Å². The number of hydrogen-bond acceptors (Lipinski definition) is 6. The van der Waals surface area contributed by atoms with Gasteiger partial charge in [-0.3, -0.25) is 4.90 Å². The first-order valence-corrected chi connectivity index (χ1v) is 8.46. The largest absolute Gasteiger partial charge is 0.484 e. The number of unbranched alkanes of at least 4 members (excludes halogenated alkanes) is 1. The van der Waals surface area contributed by atoms with Gasteiger partial charge in [-0.2, -0.15) is 0 Å². The molecule has 0 spiro atoms. The van der Waals surface area contributed by atoms with Gasteiger partial charge in [-0.25, -0.2) is 0 Å². The molecule has 23 heavy (non-hydrogen) atoms. The summed E-state index contributed by atoms with van der Waals surface area (Å²) in [6.45, 7) is 5.84. The number of nitrogens with zero attached hydrogens (tertiary/aromatic N) is 2. The second-order valence-corrected chi connectivity index (χ2v) is 6.27. The Morgan fingerprint density at radius 1 is 1.09 bits per heavy atom. The zero-order valence-corrected chi connectivity index (χ0v) is 13.6. The van der Waals surface area contributed by atoms with Gasteiger partial charge in [0, 0.05) is 26.2 Å². The fraction of sp³-hybridized carbons (Fsp3) is 0.647. The number of aliphatic hydroxyl groups excluding tert-OH is 1. The van der Waals surface area contributed by atoms with E-state index in [1.54, 1.807) is 0 Å². The van der Waals surface area contributed by atoms with Gasteiger partial charge in [0.2, 0.25) is 5.72 Å². The van der Waals surface area contributed by atoms with Gasteiger partial charge in [0.15, 0.2) is 11.5 Å². The third-order valence-corrected chi connectivity index (χ3v) is 4.73. The first kappa shape index (κ1) is 16.5. The number of fused-ring (bicyclic) bond motifs is 1. The number of ether oxygens (including phenoxy) is 2. The Kier molecular flexibility index (Phi) is 5.38. The summed E-state index contributed by atoms with van der Waals surface area (Å²) in [7, 11) is 0. The summed E-state index contributed by atoms with van der Waals surface area (Å²) >= 11 is 0. The molecule has 2 aliphatic rings. The lowest BCUT2D eigenvalue weighted by Crippen LogP contribution is -2.65. The fourth-order valence-corrected chi connectivity index (χ4v) is 3.27. The van der Waals surface area contributed by atoms with Crippen LogP contribution in [0.15, 0.2) is 24.3 Å². The van der Waals surface area contributed by atoms with E-state index < -0.39 is 5.72 Å². The lowest BCUT2D eigenvalue weighted by molar-refractivity contribution is -0.163. The lowest BCUT2D eigenvalue weighted by Gasteiger charge is -2.47. The molecule has 1 aromatic rings. The van der Waals surface area contributed by atoms with Crippen molar-refractivity contribution < 1.29 is 14.6 Å². The molecule has 0 aliphatic carbocycles. The summed E-state index contributed by atoms with van der Waals surface area (Å²) in [4.78, 5) is 4.66. The van der Waals surface area contributed by atoms with Gasteiger partial charge in [0.25, 0.3) is 0 Å². The predicted octanol–water partition coefficient (Wildman–Crippen LogP) is 0.503. The normalized spacial score (nSPS) is 25.5. The zero-order valence-electron chi connectivity index (χ0n) is 13.6. The predicted molar refractivity (Wildman–Crippen MR) is 88.7 cm³/mol. The van der Waals surface area contributed by atoms with Gasteiger partial charge < -0.3 is 25.2 Å². The molecule has 0 amide bonds. The quantitative estimate of drug-likeness (QED) is 0.744. The molecular formula is C17H27N3O3. The Morgan fingerprint density at radius 3 is 2.52 bits per heavy atom. The van der Waals surface area contributed by atoms with Crippen molar-refractivity contribution in [1.29, 1.82) is 0 Å². The molecule has 1 fully saturated rings. The van der Waals surface area contributed by atoms with E-state index in [9.17, 15) is 5.11 Å². The van der Waals surface area contributed by atoms with Gasteiger partial charge in [0.1, 0.15) is 13.2 Å². The third kappa shape index (κ3) is 3.61. The standard InChI is InChI=1S/C17H27N3O3/c18-7-3-4-8-19-9-11-20(12-10-19)17(13-21)14-22-15-5-1-2-6-16(15)23-17/h1-2,5-6,21H,3-4,7-14,18H2. The van der Waals surface area contributed by atoms with Crippen LogP contribution in [0.1, 0.15) is 12.8 Å². The molecule has 0 radical (unpaired) electrons. The van der Waals surface area contributed by atoms with Gasteiger partial charge in [0.05, 0.1) is 0 Å². The maximum atomic E-state index is 9.98. The Bertz CT molecular complexity index is 506. The number of hydrogen-bond donors (Lipinski definition) is 2. The molecule has 1 aromatic carbocycles. The molecule has 1 unspecified atom stereocenters. The van der Waals surface area contributed by atoms with Crippen molar-refractivity contribution >= 4 is 0 Å². The third-order valence-electron chi connectivity index (χ3n) is 4.73. The topological polar surface area (TPSA) is 71.2 Å². The monoisotopic (exact) mass is 321 g/mol. The Hall–Kier alpha value is -1.34. The number of aliphatic hydroxyl groups is 1. The molecule has 1 saturated heterocycles. The Morgan fingerprint density at radius 2 is 1.83 bits per heavy atom. The van der Waals surface area contributed by atoms with Crippen molar-refractivity contribution in [2.75, 3.05) is 52.5 Å². The molecule has 3 rings (SSSR count). The second-order valence-electron chi connectivity index (χ2n) is 6.27. The summed E-state index contributed by atoms with van der Waals surface area (Å²) < 4.78 is 12.0. The van der Waals surface area contributed by atoms with Crippen LogP contribution in [0.4, 0.5) is 0 Å². The molecule has 1 atom stereocenters. The van der Waals surface area contributed by atoms with Gasteiger partial charge >= 0.3 is 0 Å². The first-order chi connectivity index (χ1) is 11.3. The molecule has 128 valence electrons. The van der Waals surface area contributed by atoms with Crippen LogP contribution in [0.5, 0.6) is 11.5 Å². The maximum Gasteiger partial charge on any atom is 0.220 e. The lowest BCUT2D eigenvalue weighted by atomic mass is 10.1. The second kappa shape index (κ2) is 7.49. The van der Waals surface area contributed by atoms with Gasteiger partial charge in [-0.1, -0.05) is 12.1 Å². The van der Waals surface area contributed by atoms with E-state index in [4.69, 9.17) is 15.2 Å². The summed E-state index contributed by atoms with van der Waals surface area (Å²) in [6, 6.07) is 7.63. The van der Waals surface area contributed by atoms with E-state index >= 15 is 0 Å². The van der Waals surface area contributed by atoms with E-state index in [1.807, 2.05) is 24.3 Å². The molecule has 2 heterocycles. The number of nitrogens with two attached hydrogens (primary N) is 1. The smallest absolute Gasteiger partial charge is 0.220 e. The maximum absolute atomic E-state index is 9.98. The molecular weight excluding hydrogens is 294 g/mol. The first-order valence-electron chi connectivity index (χ1n) is 8.46. The minimum Gasteiger partial charge on any atom is -0.484 e. The van der Waals surface area contributed by atoms with Crippen LogP contribution >= 0.6 is 0 Å². The Labute approximate surface area is 137 Å². The van der Waals surface area contributed by atoms with Crippen LogP contribution in [0.2, 0.25) is 0 Å². The molecule has 0 saturated carbocycles. The van der Waals surface area contributed by atoms with Gasteiger partial charge in [-0.15, -0.1) is 0 Å². The van der Waals surface area contributed by atoms with E-state index in [0.29, 0.717) is 12.4 Å². The highest BCUT2D eigenvalue weighted by molar-refractivity contribution is 5.41. The summed E-state index contributed by atoms with van der Waals surface area (Å²) in [5, 5.41) is 9.98. The van der Waals surface area contributed by atoms with Crippen molar-refractivity contribution in [3.8, 4) is 11.5 Å². The average molecular weight is 321 g/mol. The van der Waals surface area contributed by atoms with Crippen molar-refractivity contribution in [2.45, 2.75) is 18.6 Å². The van der Waals surface area contributed by atoms with Crippen LogP contribution in [0, 0.1) is 0 Å². The molecule has 2 aliphatic heterocycles. The molecule has 6 nitrogen and oxygen atoms in total. The van der Waals surface area contributed by atoms with Crippen molar-refractivity contribution in [1.82, 2.24) is 9.80 Å². The highest BCUT2D eigenvalue weighted by Gasteiger charge is 2.44. The number of para-hydroxylation sites is 2. The number of piperazine rings is 1. The van der Waals surface area contributed by atoms with Crippen LogP contribution in [0.3, 0.4) is 0 Å². The van der Waals surface area contributed by atoms with E-state index in [2.05, 4.69) is 9.80 Å². The highest BCUT2D eigenvalue weighted by atomic mass is 16.6. The van der Waals surface area contributed by atoms with Crippen LogP contribution < -0.4 is 15.2 Å². The average Bonchev–Trinajstić information content (AvgIpc) is 2.62. The molecule has 6 heteroatoms. The van der Waals surface area contributed by atoms with Crippen LogP contribution in [-0.4, -0.2) is 73.1 Å². The number of rotatable bonds is 6. The summed E-state index contributed by atoms with van der Waals surface area (Å²) in [5.74, 6) is 1.45. The van der Waals surface area contributed by atoms with Crippen molar-refractivity contribution in [2.24, 2.45) is 5.73 Å². The minimum atomic E-state index is -0.766. The van der Waals surface area contributed by atoms with Crippen LogP contribution in [-0.2, 0) is 0 Å². The van der Waals surface area contributed by atoms with E-state index in [1.165, 1.54) is 0 Å². The number of benzene rings is 1. The SMILES string of the molecule is NCCCCN1CCN(C2(CO)COc3ccccc3O2)CC1.